The van der Waals surface area contributed by atoms with E-state index in [-0.39, 0.29) is 43.8 Å². The maximum absolute atomic E-state index is 14.0. The summed E-state index contributed by atoms with van der Waals surface area (Å²) in [4.78, 5) is 64.2. The zero-order valence-corrected chi connectivity index (χ0v) is 34.1. The molecule has 3 aliphatic rings. The number of ether oxygens (including phenoxy) is 1. The lowest BCUT2D eigenvalue weighted by Crippen LogP contribution is -2.42. The van der Waals surface area contributed by atoms with Gasteiger partial charge in [0.15, 0.2) is 5.82 Å². The molecule has 4 aromatic rings. The molecule has 0 spiro atoms. The van der Waals surface area contributed by atoms with Crippen molar-refractivity contribution in [2.75, 3.05) is 32.1 Å². The van der Waals surface area contributed by atoms with Crippen LogP contribution in [-0.4, -0.2) is 75.3 Å². The number of amides is 3. The third kappa shape index (κ3) is 10.6. The van der Waals surface area contributed by atoms with Crippen molar-refractivity contribution in [3.05, 3.63) is 114 Å². The fourth-order valence-corrected chi connectivity index (χ4v) is 8.90. The molecule has 0 radical (unpaired) electrons. The highest BCUT2D eigenvalue weighted by Gasteiger charge is 2.33. The van der Waals surface area contributed by atoms with Crippen molar-refractivity contribution >= 4 is 35.0 Å². The number of aromatic nitrogens is 2. The zero-order chi connectivity index (χ0) is 41.3. The molecule has 59 heavy (non-hydrogen) atoms. The van der Waals surface area contributed by atoms with Gasteiger partial charge in [0.1, 0.15) is 12.3 Å². The van der Waals surface area contributed by atoms with Crippen LogP contribution in [0.25, 0.3) is 17.0 Å². The minimum Gasteiger partial charge on any atom is -0.497 e. The molecule has 11 heteroatoms. The highest BCUT2D eigenvalue weighted by atomic mass is 16.5. The SMILES string of the molecule is CCC1CCC(C2CC=C(c3cnc(-c4ccc(CN(CC(=O)N5CC[C@H](C(=O)O)C5)C(=O)c5ccc(NC(=O)Cc6ccc(OC)cc6)cc5)cc4)nc3)CC2)CC1. The quantitative estimate of drug-likeness (QED) is 0.130. The van der Waals surface area contributed by atoms with E-state index >= 15 is 0 Å². The normalized spacial score (nSPS) is 20.4. The van der Waals surface area contributed by atoms with Crippen molar-refractivity contribution in [3.63, 3.8) is 0 Å². The number of rotatable bonds is 14. The number of nitrogens with zero attached hydrogens (tertiary/aromatic N) is 4. The first-order valence-electron chi connectivity index (χ1n) is 21.1. The van der Waals surface area contributed by atoms with E-state index in [0.717, 1.165) is 52.8 Å². The summed E-state index contributed by atoms with van der Waals surface area (Å²) in [6.45, 7) is 2.70. The van der Waals surface area contributed by atoms with Gasteiger partial charge in [0.05, 0.1) is 19.4 Å². The first-order valence-corrected chi connectivity index (χ1v) is 21.1. The summed E-state index contributed by atoms with van der Waals surface area (Å²) in [6, 6.07) is 21.5. The first kappa shape index (κ1) is 41.3. The van der Waals surface area contributed by atoms with Crippen molar-refractivity contribution in [3.8, 4) is 17.1 Å². The van der Waals surface area contributed by atoms with Gasteiger partial charge in [-0.1, -0.05) is 68.7 Å². The lowest BCUT2D eigenvalue weighted by molar-refractivity contribution is -0.141. The summed E-state index contributed by atoms with van der Waals surface area (Å²) in [5.41, 5.74) is 5.79. The molecule has 1 aromatic heterocycles. The summed E-state index contributed by atoms with van der Waals surface area (Å²) in [5.74, 6) is 1.49. The van der Waals surface area contributed by atoms with E-state index in [4.69, 9.17) is 14.7 Å². The molecule has 3 amide bonds. The zero-order valence-electron chi connectivity index (χ0n) is 34.1. The van der Waals surface area contributed by atoms with Gasteiger partial charge in [-0.3, -0.25) is 19.2 Å². The van der Waals surface area contributed by atoms with Crippen molar-refractivity contribution < 1.29 is 29.0 Å². The van der Waals surface area contributed by atoms with Crippen LogP contribution in [0.1, 0.15) is 91.8 Å². The molecule has 0 bridgehead atoms. The minimum absolute atomic E-state index is 0.117. The van der Waals surface area contributed by atoms with Crippen LogP contribution in [0, 0.1) is 23.7 Å². The van der Waals surface area contributed by atoms with E-state index in [1.165, 1.54) is 53.9 Å². The average Bonchev–Trinajstić information content (AvgIpc) is 3.79. The molecule has 2 fully saturated rings. The second kappa shape index (κ2) is 19.3. The van der Waals surface area contributed by atoms with Crippen LogP contribution in [0.3, 0.4) is 0 Å². The van der Waals surface area contributed by atoms with E-state index in [2.05, 4.69) is 18.3 Å². The smallest absolute Gasteiger partial charge is 0.308 e. The Kier molecular flexibility index (Phi) is 13.5. The van der Waals surface area contributed by atoms with E-state index in [1.807, 2.05) is 48.8 Å². The van der Waals surface area contributed by atoms with Crippen LogP contribution in [0.4, 0.5) is 5.69 Å². The number of benzene rings is 3. The summed E-state index contributed by atoms with van der Waals surface area (Å²) in [7, 11) is 1.59. The number of anilines is 1. The van der Waals surface area contributed by atoms with Crippen LogP contribution in [0.5, 0.6) is 5.75 Å². The lowest BCUT2D eigenvalue weighted by Gasteiger charge is -2.35. The summed E-state index contributed by atoms with van der Waals surface area (Å²) < 4.78 is 5.19. The molecule has 1 aliphatic heterocycles. The molecule has 1 saturated carbocycles. The number of carbonyl (C=O) groups excluding carboxylic acids is 3. The number of hydrogen-bond donors (Lipinski definition) is 2. The highest BCUT2D eigenvalue weighted by Crippen LogP contribution is 2.41. The third-order valence-electron chi connectivity index (χ3n) is 12.6. The molecule has 2 heterocycles. The van der Waals surface area contributed by atoms with Gasteiger partial charge in [-0.05, 0) is 109 Å². The van der Waals surface area contributed by atoms with Gasteiger partial charge in [0.25, 0.3) is 5.91 Å². The van der Waals surface area contributed by atoms with Crippen LogP contribution >= 0.6 is 0 Å². The molecular weight excluding hydrogens is 743 g/mol. The number of methoxy groups -OCH3 is 1. The Hall–Kier alpha value is -5.84. The van der Waals surface area contributed by atoms with Gasteiger partial charge in [0.2, 0.25) is 11.8 Å². The number of allylic oxidation sites excluding steroid dienone is 2. The van der Waals surface area contributed by atoms with E-state index in [0.29, 0.717) is 35.8 Å². The van der Waals surface area contributed by atoms with Gasteiger partial charge in [-0.2, -0.15) is 0 Å². The number of nitrogens with one attached hydrogen (secondary N) is 1. The Labute approximate surface area is 346 Å². The standard InChI is InChI=1S/C48H55N5O6/c1-3-32-4-10-35(11-5-32)36-14-16-37(17-15-36)41-27-49-46(50-28-41)38-12-6-34(7-13-38)29-53(31-45(55)52-25-24-40(30-52)48(57)58)47(56)39-18-20-42(21-19-39)51-44(54)26-33-8-22-43(59-2)23-9-33/h6-9,12-13,16,18-23,27-28,32,35-36,40H,3-5,10-11,14-15,17,24-26,29-31H2,1-2H3,(H,51,54)(H,57,58)/t32?,35?,36?,40-/m0/s1. The number of carboxylic acid groups (broad SMARTS) is 1. The monoisotopic (exact) mass is 797 g/mol. The third-order valence-corrected chi connectivity index (χ3v) is 12.6. The molecular formula is C48H55N5O6. The Morgan fingerprint density at radius 1 is 0.831 bits per heavy atom. The number of hydrogen-bond acceptors (Lipinski definition) is 7. The number of carboxylic acids is 1. The average molecular weight is 798 g/mol. The topological polar surface area (TPSA) is 142 Å². The molecule has 1 saturated heterocycles. The maximum atomic E-state index is 14.0. The number of likely N-dealkylation sites (tertiary alicyclic amines) is 1. The van der Waals surface area contributed by atoms with Crippen LogP contribution in [0.15, 0.2) is 91.3 Å². The fraction of sp³-hybridized carbons (Fsp3) is 0.417. The van der Waals surface area contributed by atoms with E-state index in [9.17, 15) is 24.3 Å². The maximum Gasteiger partial charge on any atom is 0.308 e. The molecule has 1 unspecified atom stereocenters. The second-order valence-corrected chi connectivity index (χ2v) is 16.4. The Balaban J connectivity index is 0.990. The predicted molar refractivity (Wildman–Crippen MR) is 227 cm³/mol. The predicted octanol–water partition coefficient (Wildman–Crippen LogP) is 8.31. The second-order valence-electron chi connectivity index (χ2n) is 16.4. The van der Waals surface area contributed by atoms with Crippen molar-refractivity contribution in [1.82, 2.24) is 19.8 Å². The Morgan fingerprint density at radius 2 is 1.53 bits per heavy atom. The van der Waals surface area contributed by atoms with Crippen LogP contribution in [-0.2, 0) is 27.3 Å². The van der Waals surface area contributed by atoms with Gasteiger partial charge in [0, 0.05) is 54.4 Å². The van der Waals surface area contributed by atoms with Crippen molar-refractivity contribution in [2.45, 2.75) is 77.7 Å². The van der Waals surface area contributed by atoms with Gasteiger partial charge < -0.3 is 25.0 Å². The number of carbonyl (C=O) groups is 4. The fourth-order valence-electron chi connectivity index (χ4n) is 8.90. The van der Waals surface area contributed by atoms with Gasteiger partial charge in [-0.15, -0.1) is 0 Å². The van der Waals surface area contributed by atoms with Crippen molar-refractivity contribution in [1.29, 1.82) is 0 Å². The molecule has 2 aliphatic carbocycles. The Morgan fingerprint density at radius 3 is 2.14 bits per heavy atom. The van der Waals surface area contributed by atoms with Gasteiger partial charge in [-0.25, -0.2) is 9.97 Å². The molecule has 7 rings (SSSR count). The summed E-state index contributed by atoms with van der Waals surface area (Å²) in [5, 5.41) is 12.4. The largest absolute Gasteiger partial charge is 0.497 e. The van der Waals surface area contributed by atoms with Crippen molar-refractivity contribution in [2.24, 2.45) is 23.7 Å². The molecule has 11 nitrogen and oxygen atoms in total. The summed E-state index contributed by atoms with van der Waals surface area (Å²) in [6.07, 6.45) is 17.1. The summed E-state index contributed by atoms with van der Waals surface area (Å²) >= 11 is 0. The number of aliphatic carboxylic acids is 1. The molecule has 3 aromatic carbocycles. The first-order chi connectivity index (χ1) is 28.6. The van der Waals surface area contributed by atoms with Crippen LogP contribution in [0.2, 0.25) is 0 Å². The molecule has 2 N–H and O–H groups in total. The lowest BCUT2D eigenvalue weighted by atomic mass is 9.71. The minimum atomic E-state index is -0.928. The van der Waals surface area contributed by atoms with Crippen LogP contribution < -0.4 is 10.1 Å². The van der Waals surface area contributed by atoms with E-state index < -0.39 is 11.9 Å². The Bertz CT molecular complexity index is 2110. The van der Waals surface area contributed by atoms with E-state index in [1.54, 1.807) is 43.5 Å². The van der Waals surface area contributed by atoms with Gasteiger partial charge >= 0.3 is 5.97 Å². The highest BCUT2D eigenvalue weighted by molar-refractivity contribution is 5.98. The molecule has 308 valence electrons. The molecule has 2 atom stereocenters.